The number of nitrogens with zero attached hydrogens (tertiary/aromatic N) is 1. The monoisotopic (exact) mass is 304 g/mol. The van der Waals surface area contributed by atoms with Crippen LogP contribution in [0.4, 0.5) is 0 Å². The van der Waals surface area contributed by atoms with Gasteiger partial charge < -0.3 is 10.1 Å². The highest BCUT2D eigenvalue weighted by Crippen LogP contribution is 2.10. The van der Waals surface area contributed by atoms with Crippen LogP contribution in [0.1, 0.15) is 34.4 Å². The van der Waals surface area contributed by atoms with Gasteiger partial charge in [0, 0.05) is 11.9 Å². The Bertz CT molecular complexity index is 554. The van der Waals surface area contributed by atoms with E-state index in [1.165, 1.54) is 16.9 Å². The van der Waals surface area contributed by atoms with Gasteiger partial charge in [-0.05, 0) is 31.9 Å². The molecule has 2 aromatic rings. The van der Waals surface area contributed by atoms with Crippen molar-refractivity contribution >= 4 is 17.3 Å². The molecule has 0 aliphatic heterocycles. The van der Waals surface area contributed by atoms with Crippen LogP contribution in [0.5, 0.6) is 0 Å². The summed E-state index contributed by atoms with van der Waals surface area (Å²) in [6, 6.07) is 10.5. The van der Waals surface area contributed by atoms with Gasteiger partial charge in [0.1, 0.15) is 5.01 Å². The third-order valence-electron chi connectivity index (χ3n) is 2.97. The molecule has 0 aliphatic rings. The number of aryl methyl sites for hydroxylation is 1. The summed E-state index contributed by atoms with van der Waals surface area (Å²) >= 11 is 1.48. The van der Waals surface area contributed by atoms with Gasteiger partial charge in [0.25, 0.3) is 0 Å². The molecule has 1 N–H and O–H groups in total. The van der Waals surface area contributed by atoms with Gasteiger partial charge in [-0.15, -0.1) is 11.3 Å². The number of hydrogen-bond acceptors (Lipinski definition) is 5. The highest BCUT2D eigenvalue weighted by Gasteiger charge is 2.10. The van der Waals surface area contributed by atoms with Crippen LogP contribution in [-0.4, -0.2) is 24.1 Å². The summed E-state index contributed by atoms with van der Waals surface area (Å²) in [6.07, 6.45) is 2.15. The van der Waals surface area contributed by atoms with Crippen molar-refractivity contribution in [3.8, 4) is 0 Å². The van der Waals surface area contributed by atoms with Crippen LogP contribution in [0.25, 0.3) is 0 Å². The van der Waals surface area contributed by atoms with Gasteiger partial charge in [0.15, 0.2) is 5.69 Å². The minimum atomic E-state index is -0.343. The van der Waals surface area contributed by atoms with E-state index < -0.39 is 0 Å². The number of hydrogen-bond donors (Lipinski definition) is 1. The van der Waals surface area contributed by atoms with Gasteiger partial charge in [-0.3, -0.25) is 0 Å². The zero-order chi connectivity index (χ0) is 14.9. The molecule has 0 saturated carbocycles. The minimum Gasteiger partial charge on any atom is -0.461 e. The van der Waals surface area contributed by atoms with Gasteiger partial charge in [-0.25, -0.2) is 9.78 Å². The Morgan fingerprint density at radius 3 is 2.90 bits per heavy atom. The second-order valence-electron chi connectivity index (χ2n) is 4.61. The summed E-state index contributed by atoms with van der Waals surface area (Å²) in [7, 11) is 0. The molecule has 4 nitrogen and oxygen atoms in total. The van der Waals surface area contributed by atoms with Crippen molar-refractivity contribution in [3.63, 3.8) is 0 Å². The van der Waals surface area contributed by atoms with Crippen LogP contribution >= 0.6 is 11.3 Å². The Morgan fingerprint density at radius 2 is 2.14 bits per heavy atom. The Labute approximate surface area is 129 Å². The van der Waals surface area contributed by atoms with Crippen LogP contribution in [0.3, 0.4) is 0 Å². The predicted octanol–water partition coefficient (Wildman–Crippen LogP) is 3.04. The highest BCUT2D eigenvalue weighted by molar-refractivity contribution is 7.09. The summed E-state index contributed by atoms with van der Waals surface area (Å²) < 4.78 is 4.92. The molecule has 0 unspecified atom stereocenters. The molecule has 0 aliphatic carbocycles. The summed E-state index contributed by atoms with van der Waals surface area (Å²) in [5.41, 5.74) is 1.76. The van der Waals surface area contributed by atoms with Crippen molar-refractivity contribution in [1.82, 2.24) is 10.3 Å². The van der Waals surface area contributed by atoms with E-state index in [0.717, 1.165) is 24.4 Å². The maximum absolute atomic E-state index is 11.5. The SMILES string of the molecule is CCOC(=O)c1csc(CNCCCc2ccccc2)n1. The molecule has 0 radical (unpaired) electrons. The average molecular weight is 304 g/mol. The molecule has 2 rings (SSSR count). The third-order valence-corrected chi connectivity index (χ3v) is 3.82. The van der Waals surface area contributed by atoms with Crippen LogP contribution in [-0.2, 0) is 17.7 Å². The van der Waals surface area contributed by atoms with Crippen molar-refractivity contribution in [2.24, 2.45) is 0 Å². The lowest BCUT2D eigenvalue weighted by molar-refractivity contribution is 0.0520. The fraction of sp³-hybridized carbons (Fsp3) is 0.375. The number of carbonyl (C=O) groups is 1. The predicted molar refractivity (Wildman–Crippen MR) is 84.5 cm³/mol. The Balaban J connectivity index is 1.66. The van der Waals surface area contributed by atoms with E-state index in [1.807, 2.05) is 6.07 Å². The van der Waals surface area contributed by atoms with E-state index in [2.05, 4.69) is 34.6 Å². The van der Waals surface area contributed by atoms with Crippen molar-refractivity contribution in [3.05, 3.63) is 52.0 Å². The highest BCUT2D eigenvalue weighted by atomic mass is 32.1. The first-order chi connectivity index (χ1) is 10.3. The first-order valence-corrected chi connectivity index (χ1v) is 8.03. The van der Waals surface area contributed by atoms with E-state index in [0.29, 0.717) is 18.8 Å². The Kier molecular flexibility index (Phi) is 6.37. The number of nitrogens with one attached hydrogen (secondary N) is 1. The lowest BCUT2D eigenvalue weighted by Crippen LogP contribution is -2.15. The quantitative estimate of drug-likeness (QED) is 0.601. The van der Waals surface area contributed by atoms with E-state index in [4.69, 9.17) is 4.74 Å². The molecule has 0 atom stereocenters. The van der Waals surface area contributed by atoms with Crippen molar-refractivity contribution in [1.29, 1.82) is 0 Å². The van der Waals surface area contributed by atoms with E-state index in [-0.39, 0.29) is 5.97 Å². The fourth-order valence-corrected chi connectivity index (χ4v) is 2.68. The topological polar surface area (TPSA) is 51.2 Å². The zero-order valence-electron chi connectivity index (χ0n) is 12.2. The first kappa shape index (κ1) is 15.7. The molecule has 0 amide bonds. The second-order valence-corrected chi connectivity index (χ2v) is 5.56. The summed E-state index contributed by atoms with van der Waals surface area (Å²) in [5, 5.41) is 6.02. The van der Waals surface area contributed by atoms with Crippen LogP contribution in [0, 0.1) is 0 Å². The number of rotatable bonds is 8. The summed E-state index contributed by atoms with van der Waals surface area (Å²) in [6.45, 7) is 3.80. The number of carbonyl (C=O) groups excluding carboxylic acids is 1. The molecular formula is C16H20N2O2S. The molecule has 112 valence electrons. The molecule has 0 saturated heterocycles. The number of ether oxygens (including phenoxy) is 1. The minimum absolute atomic E-state index is 0.343. The second kappa shape index (κ2) is 8.54. The van der Waals surface area contributed by atoms with E-state index in [1.54, 1.807) is 12.3 Å². The number of aromatic nitrogens is 1. The zero-order valence-corrected chi connectivity index (χ0v) is 13.0. The van der Waals surface area contributed by atoms with Crippen molar-refractivity contribution < 1.29 is 9.53 Å². The molecule has 0 bridgehead atoms. The van der Waals surface area contributed by atoms with Crippen LogP contribution in [0.2, 0.25) is 0 Å². The van der Waals surface area contributed by atoms with Gasteiger partial charge >= 0.3 is 5.97 Å². The lowest BCUT2D eigenvalue weighted by atomic mass is 10.1. The normalized spacial score (nSPS) is 10.5. The van der Waals surface area contributed by atoms with Crippen LogP contribution in [0.15, 0.2) is 35.7 Å². The number of benzene rings is 1. The Morgan fingerprint density at radius 1 is 1.33 bits per heavy atom. The molecule has 0 fully saturated rings. The maximum Gasteiger partial charge on any atom is 0.357 e. The van der Waals surface area contributed by atoms with Gasteiger partial charge in [-0.2, -0.15) is 0 Å². The largest absolute Gasteiger partial charge is 0.461 e. The van der Waals surface area contributed by atoms with E-state index >= 15 is 0 Å². The lowest BCUT2D eigenvalue weighted by Gasteiger charge is -2.03. The maximum atomic E-state index is 11.5. The molecule has 1 aromatic carbocycles. The molecule has 1 heterocycles. The third kappa shape index (κ3) is 5.28. The summed E-state index contributed by atoms with van der Waals surface area (Å²) in [5.74, 6) is -0.343. The van der Waals surface area contributed by atoms with Crippen LogP contribution < -0.4 is 5.32 Å². The van der Waals surface area contributed by atoms with Gasteiger partial charge in [0.05, 0.1) is 6.61 Å². The number of esters is 1. The molecule has 1 aromatic heterocycles. The standard InChI is InChI=1S/C16H20N2O2S/c1-2-20-16(19)14-12-21-15(18-14)11-17-10-6-9-13-7-4-3-5-8-13/h3-5,7-8,12,17H,2,6,9-11H2,1H3. The molecule has 5 heteroatoms. The average Bonchev–Trinajstić information content (AvgIpc) is 2.97. The van der Waals surface area contributed by atoms with Crippen molar-refractivity contribution in [2.75, 3.05) is 13.2 Å². The van der Waals surface area contributed by atoms with Gasteiger partial charge in [-0.1, -0.05) is 30.3 Å². The smallest absolute Gasteiger partial charge is 0.357 e. The molecular weight excluding hydrogens is 284 g/mol. The fourth-order valence-electron chi connectivity index (χ4n) is 1.95. The Hall–Kier alpha value is -1.72. The summed E-state index contributed by atoms with van der Waals surface area (Å²) in [4.78, 5) is 15.8. The van der Waals surface area contributed by atoms with Gasteiger partial charge in [0.2, 0.25) is 0 Å². The number of thiazole rings is 1. The van der Waals surface area contributed by atoms with Crippen molar-refractivity contribution in [2.45, 2.75) is 26.3 Å². The molecule has 21 heavy (non-hydrogen) atoms. The molecule has 0 spiro atoms. The first-order valence-electron chi connectivity index (χ1n) is 7.15. The van der Waals surface area contributed by atoms with E-state index in [9.17, 15) is 4.79 Å².